The molecule has 3 aromatic rings. The van der Waals surface area contributed by atoms with Crippen LogP contribution in [0.25, 0.3) is 0 Å². The van der Waals surface area contributed by atoms with Gasteiger partial charge in [-0.1, -0.05) is 90.5 Å². The zero-order valence-corrected chi connectivity index (χ0v) is 13.7. The summed E-state index contributed by atoms with van der Waals surface area (Å²) in [7, 11) is 0. The summed E-state index contributed by atoms with van der Waals surface area (Å²) in [4.78, 5) is 2.50. The molecule has 0 radical (unpaired) electrons. The summed E-state index contributed by atoms with van der Waals surface area (Å²) in [5, 5.41) is 0. The molecule has 0 N–H and O–H groups in total. The third-order valence-electron chi connectivity index (χ3n) is 4.02. The van der Waals surface area contributed by atoms with Crippen LogP contribution in [-0.2, 0) is 19.6 Å². The molecule has 0 aliphatic rings. The number of nitrogens with zero attached hydrogens (tertiary/aromatic N) is 1. The molecular weight excluding hydrogens is 278 g/mol. The van der Waals surface area contributed by atoms with Gasteiger partial charge in [-0.15, -0.1) is 0 Å². The van der Waals surface area contributed by atoms with Crippen LogP contribution in [0.2, 0.25) is 0 Å². The van der Waals surface area contributed by atoms with E-state index in [-0.39, 0.29) is 0 Å². The van der Waals surface area contributed by atoms with E-state index in [0.717, 1.165) is 19.6 Å². The molecule has 0 bridgehead atoms. The topological polar surface area (TPSA) is 3.24 Å². The summed E-state index contributed by atoms with van der Waals surface area (Å²) in [6.45, 7) is 5.02. The lowest BCUT2D eigenvalue weighted by Gasteiger charge is -2.23. The number of aryl methyl sites for hydroxylation is 1. The van der Waals surface area contributed by atoms with Gasteiger partial charge >= 0.3 is 0 Å². The summed E-state index contributed by atoms with van der Waals surface area (Å²) >= 11 is 0. The maximum absolute atomic E-state index is 2.50. The first-order chi connectivity index (χ1) is 11.3. The minimum atomic E-state index is 0.962. The predicted molar refractivity (Wildman–Crippen MR) is 97.0 cm³/mol. The molecule has 1 nitrogen and oxygen atoms in total. The molecule has 3 rings (SSSR count). The summed E-state index contributed by atoms with van der Waals surface area (Å²) in [5.74, 6) is 0. The third kappa shape index (κ3) is 4.80. The Morgan fingerprint density at radius 3 is 1.35 bits per heavy atom. The molecule has 0 saturated carbocycles. The summed E-state index contributed by atoms with van der Waals surface area (Å²) in [6.07, 6.45) is 0. The molecule has 0 aromatic heterocycles. The lowest BCUT2D eigenvalue weighted by molar-refractivity contribution is 0.247. The highest BCUT2D eigenvalue weighted by Gasteiger charge is 2.08. The molecule has 3 aromatic carbocycles. The fourth-order valence-corrected chi connectivity index (χ4v) is 2.80. The number of hydrogen-bond donors (Lipinski definition) is 0. The Morgan fingerprint density at radius 2 is 0.913 bits per heavy atom. The standard InChI is InChI=1S/C22H23N/c1-19-12-14-22(15-13-19)18-23(16-20-8-4-2-5-9-20)17-21-10-6-3-7-11-21/h2-15H,16-18H2,1H3. The van der Waals surface area contributed by atoms with Gasteiger partial charge in [-0.3, -0.25) is 4.90 Å². The zero-order valence-electron chi connectivity index (χ0n) is 13.7. The highest BCUT2D eigenvalue weighted by atomic mass is 15.1. The Labute approximate surface area is 139 Å². The molecule has 0 aliphatic heterocycles. The average Bonchev–Trinajstić information content (AvgIpc) is 2.59. The van der Waals surface area contributed by atoms with Gasteiger partial charge in [0.2, 0.25) is 0 Å². The Hall–Kier alpha value is -2.38. The fraction of sp³-hybridized carbons (Fsp3) is 0.182. The molecule has 1 heteroatoms. The largest absolute Gasteiger partial charge is 0.291 e. The normalized spacial score (nSPS) is 10.9. The molecule has 0 aliphatic carbocycles. The molecule has 0 heterocycles. The van der Waals surface area contributed by atoms with Crippen molar-refractivity contribution in [2.24, 2.45) is 0 Å². The van der Waals surface area contributed by atoms with E-state index in [0.29, 0.717) is 0 Å². The van der Waals surface area contributed by atoms with Crippen molar-refractivity contribution >= 4 is 0 Å². The second-order valence-electron chi connectivity index (χ2n) is 6.10. The van der Waals surface area contributed by atoms with Crippen LogP contribution in [0.3, 0.4) is 0 Å². The SMILES string of the molecule is Cc1ccc(CN(Cc2ccccc2)Cc2ccccc2)cc1. The van der Waals surface area contributed by atoms with Gasteiger partial charge in [0.15, 0.2) is 0 Å². The fourth-order valence-electron chi connectivity index (χ4n) is 2.80. The lowest BCUT2D eigenvalue weighted by Crippen LogP contribution is -2.22. The number of benzene rings is 3. The smallest absolute Gasteiger partial charge is 0.0240 e. The summed E-state index contributed by atoms with van der Waals surface area (Å²) in [5.41, 5.74) is 5.39. The molecule has 23 heavy (non-hydrogen) atoms. The van der Waals surface area contributed by atoms with Crippen molar-refractivity contribution in [3.8, 4) is 0 Å². The van der Waals surface area contributed by atoms with Gasteiger partial charge < -0.3 is 0 Å². The Kier molecular flexibility index (Phi) is 5.23. The first-order valence-corrected chi connectivity index (χ1v) is 8.15. The molecular formula is C22H23N. The van der Waals surface area contributed by atoms with E-state index in [2.05, 4.69) is 96.8 Å². The molecule has 0 atom stereocenters. The Bertz CT molecular complexity index is 660. The van der Waals surface area contributed by atoms with Crippen LogP contribution in [0, 0.1) is 6.92 Å². The van der Waals surface area contributed by atoms with Crippen molar-refractivity contribution in [1.29, 1.82) is 0 Å². The molecule has 116 valence electrons. The van der Waals surface area contributed by atoms with E-state index in [9.17, 15) is 0 Å². The van der Waals surface area contributed by atoms with Gasteiger partial charge in [0, 0.05) is 19.6 Å². The van der Waals surface area contributed by atoms with Crippen LogP contribution in [0.5, 0.6) is 0 Å². The van der Waals surface area contributed by atoms with E-state index >= 15 is 0 Å². The maximum Gasteiger partial charge on any atom is 0.0240 e. The molecule has 0 spiro atoms. The predicted octanol–water partition coefficient (Wildman–Crippen LogP) is 5.20. The van der Waals surface area contributed by atoms with E-state index in [1.54, 1.807) is 0 Å². The van der Waals surface area contributed by atoms with E-state index in [1.165, 1.54) is 22.3 Å². The van der Waals surface area contributed by atoms with Crippen LogP contribution < -0.4 is 0 Å². The van der Waals surface area contributed by atoms with Gasteiger partial charge in [0.05, 0.1) is 0 Å². The van der Waals surface area contributed by atoms with Crippen molar-refractivity contribution in [2.45, 2.75) is 26.6 Å². The third-order valence-corrected chi connectivity index (χ3v) is 4.02. The molecule has 0 amide bonds. The van der Waals surface area contributed by atoms with Crippen molar-refractivity contribution in [3.63, 3.8) is 0 Å². The van der Waals surface area contributed by atoms with Crippen LogP contribution >= 0.6 is 0 Å². The summed E-state index contributed by atoms with van der Waals surface area (Å²) in [6, 6.07) is 30.3. The highest BCUT2D eigenvalue weighted by molar-refractivity contribution is 5.22. The number of hydrogen-bond acceptors (Lipinski definition) is 1. The van der Waals surface area contributed by atoms with Crippen LogP contribution in [-0.4, -0.2) is 4.90 Å². The van der Waals surface area contributed by atoms with Crippen molar-refractivity contribution < 1.29 is 0 Å². The zero-order chi connectivity index (χ0) is 15.9. The van der Waals surface area contributed by atoms with Gasteiger partial charge in [0.1, 0.15) is 0 Å². The van der Waals surface area contributed by atoms with Gasteiger partial charge in [-0.05, 0) is 23.6 Å². The van der Waals surface area contributed by atoms with E-state index in [1.807, 2.05) is 0 Å². The Morgan fingerprint density at radius 1 is 0.522 bits per heavy atom. The first-order valence-electron chi connectivity index (χ1n) is 8.15. The molecule has 0 unspecified atom stereocenters. The molecule has 0 saturated heterocycles. The minimum Gasteiger partial charge on any atom is -0.291 e. The van der Waals surface area contributed by atoms with Crippen LogP contribution in [0.1, 0.15) is 22.3 Å². The minimum absolute atomic E-state index is 0.962. The van der Waals surface area contributed by atoms with Crippen molar-refractivity contribution in [1.82, 2.24) is 4.90 Å². The van der Waals surface area contributed by atoms with E-state index in [4.69, 9.17) is 0 Å². The highest BCUT2D eigenvalue weighted by Crippen LogP contribution is 2.14. The van der Waals surface area contributed by atoms with Gasteiger partial charge in [0.25, 0.3) is 0 Å². The van der Waals surface area contributed by atoms with Gasteiger partial charge in [-0.25, -0.2) is 0 Å². The molecule has 0 fully saturated rings. The van der Waals surface area contributed by atoms with Crippen LogP contribution in [0.4, 0.5) is 0 Å². The van der Waals surface area contributed by atoms with Crippen molar-refractivity contribution in [3.05, 3.63) is 107 Å². The monoisotopic (exact) mass is 301 g/mol. The van der Waals surface area contributed by atoms with Gasteiger partial charge in [-0.2, -0.15) is 0 Å². The average molecular weight is 301 g/mol. The van der Waals surface area contributed by atoms with E-state index < -0.39 is 0 Å². The lowest BCUT2D eigenvalue weighted by atomic mass is 10.1. The van der Waals surface area contributed by atoms with Crippen LogP contribution in [0.15, 0.2) is 84.9 Å². The number of rotatable bonds is 6. The second-order valence-corrected chi connectivity index (χ2v) is 6.10. The second kappa shape index (κ2) is 7.75. The first kappa shape index (κ1) is 15.5. The Balaban J connectivity index is 1.76. The quantitative estimate of drug-likeness (QED) is 0.605. The maximum atomic E-state index is 2.50. The summed E-state index contributed by atoms with van der Waals surface area (Å²) < 4.78 is 0. The van der Waals surface area contributed by atoms with Crippen molar-refractivity contribution in [2.75, 3.05) is 0 Å².